The van der Waals surface area contributed by atoms with Crippen LogP contribution in [0.1, 0.15) is 0 Å². The van der Waals surface area contributed by atoms with Crippen LogP contribution in [-0.4, -0.2) is 9.97 Å². The molecule has 2 rings (SSSR count). The van der Waals surface area contributed by atoms with Crippen LogP contribution in [0.25, 0.3) is 11.1 Å². The van der Waals surface area contributed by atoms with E-state index in [9.17, 15) is 9.18 Å². The molecule has 0 radical (unpaired) electrons. The highest BCUT2D eigenvalue weighted by molar-refractivity contribution is 7.71. The topological polar surface area (TPSA) is 74.7 Å². The molecule has 6 heteroatoms. The van der Waals surface area contributed by atoms with E-state index in [4.69, 9.17) is 18.0 Å². The third-order valence-electron chi connectivity index (χ3n) is 2.11. The van der Waals surface area contributed by atoms with Gasteiger partial charge in [-0.2, -0.15) is 0 Å². The molecule has 0 amide bonds. The van der Waals surface area contributed by atoms with Gasteiger partial charge in [-0.25, -0.2) is 4.39 Å². The minimum absolute atomic E-state index is 0.0545. The van der Waals surface area contributed by atoms with Gasteiger partial charge in [0.1, 0.15) is 11.6 Å². The molecular formula is C10H8FN3OS. The molecule has 0 aliphatic heterocycles. The van der Waals surface area contributed by atoms with E-state index in [0.29, 0.717) is 0 Å². The van der Waals surface area contributed by atoms with Crippen molar-refractivity contribution in [2.24, 2.45) is 0 Å². The summed E-state index contributed by atoms with van der Waals surface area (Å²) in [6.07, 6.45) is 0. The maximum atomic E-state index is 13.5. The predicted molar refractivity (Wildman–Crippen MR) is 62.1 cm³/mol. The number of hydrogen-bond donors (Lipinski definition) is 3. The van der Waals surface area contributed by atoms with E-state index in [1.807, 2.05) is 0 Å². The number of rotatable bonds is 1. The Kier molecular flexibility index (Phi) is 2.57. The summed E-state index contributed by atoms with van der Waals surface area (Å²) in [5.74, 6) is -0.455. The first-order valence-electron chi connectivity index (χ1n) is 4.46. The quantitative estimate of drug-likeness (QED) is 0.662. The number of nitrogen functional groups attached to an aromatic ring is 1. The van der Waals surface area contributed by atoms with E-state index in [1.165, 1.54) is 18.2 Å². The SMILES string of the molecule is Nc1[nH]c(=S)[nH]c(=O)c1-c1ccccc1F. The van der Waals surface area contributed by atoms with Crippen LogP contribution < -0.4 is 11.3 Å². The van der Waals surface area contributed by atoms with Gasteiger partial charge in [-0.05, 0) is 18.3 Å². The average molecular weight is 237 g/mol. The number of hydrogen-bond acceptors (Lipinski definition) is 3. The molecule has 0 saturated carbocycles. The number of halogens is 1. The molecule has 1 heterocycles. The van der Waals surface area contributed by atoms with Crippen molar-refractivity contribution >= 4 is 18.0 Å². The lowest BCUT2D eigenvalue weighted by Gasteiger charge is -2.05. The van der Waals surface area contributed by atoms with Gasteiger partial charge >= 0.3 is 0 Å². The van der Waals surface area contributed by atoms with Gasteiger partial charge in [-0.1, -0.05) is 18.2 Å². The Morgan fingerprint density at radius 1 is 1.25 bits per heavy atom. The standard InChI is InChI=1S/C10H8FN3OS/c11-6-4-2-1-3-5(6)7-8(12)13-10(16)14-9(7)15/h1-4H,(H4,12,13,14,15,16). The zero-order valence-corrected chi connectivity index (χ0v) is 8.90. The van der Waals surface area contributed by atoms with Crippen LogP contribution >= 0.6 is 12.2 Å². The Hall–Kier alpha value is -1.95. The van der Waals surface area contributed by atoms with Crippen LogP contribution in [0.15, 0.2) is 29.1 Å². The normalized spacial score (nSPS) is 10.3. The monoisotopic (exact) mass is 237 g/mol. The van der Waals surface area contributed by atoms with Crippen LogP contribution in [-0.2, 0) is 0 Å². The maximum Gasteiger partial charge on any atom is 0.261 e. The predicted octanol–water partition coefficient (Wildman–Crippen LogP) is 1.82. The Labute approximate surface area is 95.0 Å². The second-order valence-electron chi connectivity index (χ2n) is 3.18. The fraction of sp³-hybridized carbons (Fsp3) is 0. The van der Waals surface area contributed by atoms with Crippen molar-refractivity contribution < 1.29 is 4.39 Å². The van der Waals surface area contributed by atoms with Crippen LogP contribution in [0.4, 0.5) is 10.2 Å². The smallest absolute Gasteiger partial charge is 0.261 e. The second kappa shape index (κ2) is 3.90. The molecular weight excluding hydrogens is 229 g/mol. The summed E-state index contributed by atoms with van der Waals surface area (Å²) >= 11 is 4.74. The van der Waals surface area contributed by atoms with Crippen LogP contribution in [0, 0.1) is 10.6 Å². The minimum Gasteiger partial charge on any atom is -0.385 e. The minimum atomic E-state index is -0.509. The molecule has 0 aliphatic carbocycles. The number of aromatic nitrogens is 2. The third-order valence-corrected chi connectivity index (χ3v) is 2.32. The molecule has 2 aromatic rings. The molecule has 0 spiro atoms. The molecule has 1 aromatic heterocycles. The molecule has 1 aromatic carbocycles. The second-order valence-corrected chi connectivity index (χ2v) is 3.59. The van der Waals surface area contributed by atoms with E-state index in [2.05, 4.69) is 9.97 Å². The molecule has 4 N–H and O–H groups in total. The summed E-state index contributed by atoms with van der Waals surface area (Å²) in [6.45, 7) is 0. The largest absolute Gasteiger partial charge is 0.385 e. The Balaban J connectivity index is 2.80. The molecule has 0 saturated heterocycles. The number of H-pyrrole nitrogens is 2. The summed E-state index contributed by atoms with van der Waals surface area (Å²) < 4.78 is 13.6. The number of anilines is 1. The highest BCUT2D eigenvalue weighted by atomic mass is 32.1. The maximum absolute atomic E-state index is 13.5. The van der Waals surface area contributed by atoms with Gasteiger partial charge in [-0.3, -0.25) is 9.78 Å². The number of aromatic amines is 2. The summed E-state index contributed by atoms with van der Waals surface area (Å²) in [7, 11) is 0. The van der Waals surface area contributed by atoms with Gasteiger partial charge < -0.3 is 10.7 Å². The van der Waals surface area contributed by atoms with Gasteiger partial charge in [0, 0.05) is 5.56 Å². The zero-order valence-electron chi connectivity index (χ0n) is 8.08. The van der Waals surface area contributed by atoms with E-state index in [-0.39, 0.29) is 21.7 Å². The molecule has 82 valence electrons. The Morgan fingerprint density at radius 3 is 2.56 bits per heavy atom. The van der Waals surface area contributed by atoms with Gasteiger partial charge in [-0.15, -0.1) is 0 Å². The van der Waals surface area contributed by atoms with Gasteiger partial charge in [0.05, 0.1) is 5.56 Å². The fourth-order valence-corrected chi connectivity index (χ4v) is 1.64. The Bertz CT molecular complexity index is 647. The molecule has 0 fully saturated rings. The lowest BCUT2D eigenvalue weighted by atomic mass is 10.1. The van der Waals surface area contributed by atoms with E-state index in [0.717, 1.165) is 0 Å². The van der Waals surface area contributed by atoms with Crippen LogP contribution in [0.2, 0.25) is 0 Å². The first-order valence-corrected chi connectivity index (χ1v) is 4.87. The van der Waals surface area contributed by atoms with Crippen molar-refractivity contribution in [3.05, 3.63) is 45.2 Å². The lowest BCUT2D eigenvalue weighted by Crippen LogP contribution is -2.14. The average Bonchev–Trinajstić information content (AvgIpc) is 2.19. The molecule has 0 aliphatic rings. The first kappa shape index (κ1) is 10.6. The molecule has 0 unspecified atom stereocenters. The fourth-order valence-electron chi connectivity index (χ4n) is 1.44. The van der Waals surface area contributed by atoms with Crippen LogP contribution in [0.5, 0.6) is 0 Å². The third kappa shape index (κ3) is 1.74. The summed E-state index contributed by atoms with van der Waals surface area (Å²) in [6, 6.07) is 5.90. The van der Waals surface area contributed by atoms with Crippen molar-refractivity contribution in [1.29, 1.82) is 0 Å². The van der Waals surface area contributed by atoms with Crippen LogP contribution in [0.3, 0.4) is 0 Å². The Morgan fingerprint density at radius 2 is 1.94 bits per heavy atom. The number of nitrogens with two attached hydrogens (primary N) is 1. The summed E-state index contributed by atoms with van der Waals surface area (Å²) in [5, 5.41) is 0. The highest BCUT2D eigenvalue weighted by Gasteiger charge is 2.12. The van der Waals surface area contributed by atoms with Crippen molar-refractivity contribution in [3.63, 3.8) is 0 Å². The molecule has 0 bridgehead atoms. The zero-order chi connectivity index (χ0) is 11.7. The van der Waals surface area contributed by atoms with Crippen molar-refractivity contribution in [1.82, 2.24) is 9.97 Å². The first-order chi connectivity index (χ1) is 7.59. The van der Waals surface area contributed by atoms with Crippen molar-refractivity contribution in [2.75, 3.05) is 5.73 Å². The van der Waals surface area contributed by atoms with E-state index in [1.54, 1.807) is 6.07 Å². The summed E-state index contributed by atoms with van der Waals surface area (Å²) in [4.78, 5) is 16.6. The van der Waals surface area contributed by atoms with E-state index < -0.39 is 11.4 Å². The van der Waals surface area contributed by atoms with Crippen molar-refractivity contribution in [2.45, 2.75) is 0 Å². The van der Waals surface area contributed by atoms with Gasteiger partial charge in [0.2, 0.25) is 0 Å². The summed E-state index contributed by atoms with van der Waals surface area (Å²) in [5.41, 5.74) is 5.31. The number of nitrogens with one attached hydrogen (secondary N) is 2. The van der Waals surface area contributed by atoms with Gasteiger partial charge in [0.25, 0.3) is 5.56 Å². The highest BCUT2D eigenvalue weighted by Crippen LogP contribution is 2.22. The molecule has 4 nitrogen and oxygen atoms in total. The lowest BCUT2D eigenvalue weighted by molar-refractivity contribution is 0.631. The molecule has 16 heavy (non-hydrogen) atoms. The number of benzene rings is 1. The van der Waals surface area contributed by atoms with Gasteiger partial charge in [0.15, 0.2) is 4.77 Å². The van der Waals surface area contributed by atoms with Crippen molar-refractivity contribution in [3.8, 4) is 11.1 Å². The molecule has 0 atom stereocenters. The van der Waals surface area contributed by atoms with E-state index >= 15 is 0 Å².